The fourth-order valence-corrected chi connectivity index (χ4v) is 3.18. The molecule has 7 nitrogen and oxygen atoms in total. The zero-order valence-corrected chi connectivity index (χ0v) is 17.0. The second-order valence-electron chi connectivity index (χ2n) is 5.84. The zero-order valence-electron chi connectivity index (χ0n) is 15.5. The maximum Gasteiger partial charge on any atom is 0.340 e. The van der Waals surface area contributed by atoms with Gasteiger partial charge in [0.1, 0.15) is 16.5 Å². The van der Waals surface area contributed by atoms with Crippen LogP contribution in [-0.2, 0) is 14.3 Å². The van der Waals surface area contributed by atoms with E-state index in [-0.39, 0.29) is 28.6 Å². The molecule has 0 atom stereocenters. The van der Waals surface area contributed by atoms with Gasteiger partial charge in [0.15, 0.2) is 0 Å². The molecule has 0 aromatic heterocycles. The lowest BCUT2D eigenvalue weighted by molar-refractivity contribution is -0.120. The third-order valence-corrected chi connectivity index (χ3v) is 4.67. The van der Waals surface area contributed by atoms with Gasteiger partial charge in [-0.1, -0.05) is 35.3 Å². The van der Waals surface area contributed by atoms with Gasteiger partial charge in [0.25, 0.3) is 11.8 Å². The van der Waals surface area contributed by atoms with Crippen LogP contribution in [-0.4, -0.2) is 31.5 Å². The van der Waals surface area contributed by atoms with Crippen molar-refractivity contribution < 1.29 is 23.9 Å². The molecule has 2 aromatic carbocycles. The van der Waals surface area contributed by atoms with E-state index in [1.807, 2.05) is 0 Å². The lowest BCUT2D eigenvalue weighted by Gasteiger charge is -2.18. The van der Waals surface area contributed by atoms with Crippen LogP contribution in [0, 0.1) is 0 Å². The summed E-state index contributed by atoms with van der Waals surface area (Å²) in [5, 5.41) is 2.89. The number of para-hydroxylation sites is 1. The molecule has 29 heavy (non-hydrogen) atoms. The lowest BCUT2D eigenvalue weighted by Crippen LogP contribution is -2.33. The van der Waals surface area contributed by atoms with Gasteiger partial charge in [-0.15, -0.1) is 0 Å². The number of halogens is 2. The fourth-order valence-electron chi connectivity index (χ4n) is 2.79. The van der Waals surface area contributed by atoms with E-state index in [9.17, 15) is 14.4 Å². The van der Waals surface area contributed by atoms with Crippen molar-refractivity contribution in [3.63, 3.8) is 0 Å². The Balaban J connectivity index is 1.99. The van der Waals surface area contributed by atoms with Gasteiger partial charge in [0, 0.05) is 5.02 Å². The summed E-state index contributed by atoms with van der Waals surface area (Å²) in [6, 6.07) is 10.9. The van der Waals surface area contributed by atoms with E-state index in [0.717, 1.165) is 4.90 Å². The number of nitrogens with one attached hydrogen (secondary N) is 1. The highest BCUT2D eigenvalue weighted by molar-refractivity contribution is 6.53. The largest absolute Gasteiger partial charge is 0.495 e. The van der Waals surface area contributed by atoms with Gasteiger partial charge < -0.3 is 14.8 Å². The van der Waals surface area contributed by atoms with Crippen LogP contribution in [0.2, 0.25) is 5.02 Å². The minimum absolute atomic E-state index is 0.0714. The summed E-state index contributed by atoms with van der Waals surface area (Å²) >= 11 is 12.2. The molecule has 0 bridgehead atoms. The van der Waals surface area contributed by atoms with Crippen LogP contribution in [0.5, 0.6) is 5.75 Å². The third kappa shape index (κ3) is 3.92. The molecule has 150 valence electrons. The number of imide groups is 1. The molecule has 3 rings (SSSR count). The number of methoxy groups -OCH3 is 1. The summed E-state index contributed by atoms with van der Waals surface area (Å²) in [5.74, 6) is -1.74. The molecule has 0 unspecified atom stereocenters. The van der Waals surface area contributed by atoms with E-state index in [2.05, 4.69) is 5.32 Å². The van der Waals surface area contributed by atoms with Gasteiger partial charge in [0.05, 0.1) is 30.7 Å². The standard InChI is InChI=1S/C20H16Cl2N2O5/c1-3-29-20(27)12-6-4-5-7-14(12)24-18(25)16(22)17(19(24)26)23-13-10-11(21)8-9-15(13)28-2/h4-10,23H,3H2,1-2H3. The Morgan fingerprint density at radius 2 is 1.83 bits per heavy atom. The summed E-state index contributed by atoms with van der Waals surface area (Å²) in [6.07, 6.45) is 0. The van der Waals surface area contributed by atoms with Gasteiger partial charge in [-0.25, -0.2) is 9.69 Å². The van der Waals surface area contributed by atoms with Gasteiger partial charge in [-0.3, -0.25) is 9.59 Å². The number of anilines is 2. The van der Waals surface area contributed by atoms with E-state index in [4.69, 9.17) is 32.7 Å². The summed E-state index contributed by atoms with van der Waals surface area (Å²) in [5.41, 5.74) is 0.349. The molecule has 1 aliphatic heterocycles. The smallest absolute Gasteiger partial charge is 0.340 e. The highest BCUT2D eigenvalue weighted by Gasteiger charge is 2.40. The number of carbonyl (C=O) groups excluding carboxylic acids is 3. The van der Waals surface area contributed by atoms with Crippen molar-refractivity contribution in [3.8, 4) is 5.75 Å². The predicted octanol–water partition coefficient (Wildman–Crippen LogP) is 3.96. The molecule has 2 aromatic rings. The van der Waals surface area contributed by atoms with E-state index in [1.165, 1.54) is 25.3 Å². The van der Waals surface area contributed by atoms with Gasteiger partial charge in [-0.2, -0.15) is 0 Å². The molecule has 1 N–H and O–H groups in total. The van der Waals surface area contributed by atoms with Gasteiger partial charge in [0.2, 0.25) is 0 Å². The Hall–Kier alpha value is -3.03. The summed E-state index contributed by atoms with van der Waals surface area (Å²) in [4.78, 5) is 38.8. The van der Waals surface area contributed by atoms with E-state index in [1.54, 1.807) is 31.2 Å². The SMILES string of the molecule is CCOC(=O)c1ccccc1N1C(=O)C(Cl)=C(Nc2cc(Cl)ccc2OC)C1=O. The minimum atomic E-state index is -0.767. The number of rotatable bonds is 6. The maximum absolute atomic E-state index is 13.0. The van der Waals surface area contributed by atoms with Crippen LogP contribution >= 0.6 is 23.2 Å². The molecule has 0 saturated carbocycles. The van der Waals surface area contributed by atoms with Crippen molar-refractivity contribution in [3.05, 3.63) is 63.8 Å². The van der Waals surface area contributed by atoms with Crippen molar-refractivity contribution in [2.45, 2.75) is 6.92 Å². The average Bonchev–Trinajstić information content (AvgIpc) is 2.91. The first kappa shape index (κ1) is 20.7. The van der Waals surface area contributed by atoms with E-state index in [0.29, 0.717) is 16.5 Å². The molecule has 2 amide bonds. The van der Waals surface area contributed by atoms with Crippen molar-refractivity contribution in [2.75, 3.05) is 23.9 Å². The molecule has 1 aliphatic rings. The predicted molar refractivity (Wildman–Crippen MR) is 109 cm³/mol. The maximum atomic E-state index is 13.0. The summed E-state index contributed by atoms with van der Waals surface area (Å²) in [6.45, 7) is 1.81. The molecule has 0 fully saturated rings. The van der Waals surface area contributed by atoms with Crippen LogP contribution in [0.4, 0.5) is 11.4 Å². The van der Waals surface area contributed by atoms with Crippen LogP contribution in [0.15, 0.2) is 53.2 Å². The molecule has 9 heteroatoms. The van der Waals surface area contributed by atoms with Crippen LogP contribution < -0.4 is 15.0 Å². The van der Waals surface area contributed by atoms with Crippen LogP contribution in [0.25, 0.3) is 0 Å². The third-order valence-electron chi connectivity index (χ3n) is 4.09. The topological polar surface area (TPSA) is 84.9 Å². The fraction of sp³-hybridized carbons (Fsp3) is 0.150. The lowest BCUT2D eigenvalue weighted by atomic mass is 10.1. The number of benzene rings is 2. The first-order valence-electron chi connectivity index (χ1n) is 8.54. The Bertz CT molecular complexity index is 1040. The molecular formula is C20H16Cl2N2O5. The monoisotopic (exact) mass is 434 g/mol. The van der Waals surface area contributed by atoms with Crippen LogP contribution in [0.1, 0.15) is 17.3 Å². The average molecular weight is 435 g/mol. The first-order valence-corrected chi connectivity index (χ1v) is 9.29. The molecule has 0 saturated heterocycles. The second kappa shape index (κ2) is 8.55. The van der Waals surface area contributed by atoms with Gasteiger partial charge >= 0.3 is 5.97 Å². The zero-order chi connectivity index (χ0) is 21.1. The highest BCUT2D eigenvalue weighted by Crippen LogP contribution is 2.35. The Morgan fingerprint density at radius 1 is 1.10 bits per heavy atom. The number of esters is 1. The molecule has 0 aliphatic carbocycles. The highest BCUT2D eigenvalue weighted by atomic mass is 35.5. The van der Waals surface area contributed by atoms with Crippen molar-refractivity contribution in [1.82, 2.24) is 0 Å². The van der Waals surface area contributed by atoms with E-state index < -0.39 is 17.8 Å². The number of hydrogen-bond acceptors (Lipinski definition) is 6. The number of hydrogen-bond donors (Lipinski definition) is 1. The molecule has 1 heterocycles. The molecule has 0 radical (unpaired) electrons. The van der Waals surface area contributed by atoms with Crippen molar-refractivity contribution in [2.24, 2.45) is 0 Å². The molecule has 0 spiro atoms. The van der Waals surface area contributed by atoms with Crippen LogP contribution in [0.3, 0.4) is 0 Å². The first-order chi connectivity index (χ1) is 13.9. The number of nitrogens with zero attached hydrogens (tertiary/aromatic N) is 1. The molecular weight excluding hydrogens is 419 g/mol. The van der Waals surface area contributed by atoms with Crippen molar-refractivity contribution >= 4 is 52.4 Å². The van der Waals surface area contributed by atoms with E-state index >= 15 is 0 Å². The minimum Gasteiger partial charge on any atom is -0.495 e. The Kier molecular flexibility index (Phi) is 6.10. The van der Waals surface area contributed by atoms with Gasteiger partial charge in [-0.05, 0) is 37.3 Å². The number of ether oxygens (including phenoxy) is 2. The summed E-state index contributed by atoms with van der Waals surface area (Å²) < 4.78 is 10.2. The summed E-state index contributed by atoms with van der Waals surface area (Å²) in [7, 11) is 1.45. The van der Waals surface area contributed by atoms with Crippen molar-refractivity contribution in [1.29, 1.82) is 0 Å². The second-order valence-corrected chi connectivity index (χ2v) is 6.66. The number of amides is 2. The Labute approximate surface area is 176 Å². The Morgan fingerprint density at radius 3 is 2.52 bits per heavy atom. The quantitative estimate of drug-likeness (QED) is 0.546. The normalized spacial score (nSPS) is 13.7. The number of carbonyl (C=O) groups is 3.